The largest absolute Gasteiger partial charge is 0.292 e. The van der Waals surface area contributed by atoms with Gasteiger partial charge in [0.15, 0.2) is 0 Å². The van der Waals surface area contributed by atoms with E-state index < -0.39 is 7.44 Å². The molecule has 0 aliphatic rings. The standard InChI is InChI=1S/C13H29N2O2P/c1-10(2)14(11(3)4)18(17,9-16)15(12(5)6)13(7)8/h9-13H,1-8H3. The number of hydrogen-bond acceptors (Lipinski definition) is 2. The Labute approximate surface area is 112 Å². The van der Waals surface area contributed by atoms with Gasteiger partial charge in [0.2, 0.25) is 6.03 Å². The lowest BCUT2D eigenvalue weighted by Crippen LogP contribution is -2.45. The van der Waals surface area contributed by atoms with Gasteiger partial charge in [-0.05, 0) is 55.4 Å². The highest BCUT2D eigenvalue weighted by Gasteiger charge is 2.42. The summed E-state index contributed by atoms with van der Waals surface area (Å²) in [5.41, 5.74) is 0. The van der Waals surface area contributed by atoms with Crippen LogP contribution in [-0.4, -0.2) is 39.5 Å². The summed E-state index contributed by atoms with van der Waals surface area (Å²) >= 11 is 0. The van der Waals surface area contributed by atoms with Gasteiger partial charge in [-0.15, -0.1) is 0 Å². The molecule has 108 valence electrons. The molecule has 0 fully saturated rings. The molecule has 5 heteroatoms. The van der Waals surface area contributed by atoms with Gasteiger partial charge in [0.1, 0.15) is 0 Å². The van der Waals surface area contributed by atoms with Gasteiger partial charge in [0, 0.05) is 24.2 Å². The molecular formula is C13H29N2O2P. The Morgan fingerprint density at radius 1 is 0.722 bits per heavy atom. The van der Waals surface area contributed by atoms with Crippen molar-refractivity contribution in [1.82, 2.24) is 9.34 Å². The molecule has 4 nitrogen and oxygen atoms in total. The molecule has 0 saturated carbocycles. The molecule has 0 spiro atoms. The summed E-state index contributed by atoms with van der Waals surface area (Å²) in [7, 11) is -3.16. The summed E-state index contributed by atoms with van der Waals surface area (Å²) in [6, 6.07) is 0.941. The second-order valence-electron chi connectivity index (χ2n) is 5.83. The van der Waals surface area contributed by atoms with E-state index >= 15 is 0 Å². The van der Waals surface area contributed by atoms with Crippen molar-refractivity contribution < 1.29 is 9.36 Å². The van der Waals surface area contributed by atoms with Crippen LogP contribution in [0.4, 0.5) is 0 Å². The van der Waals surface area contributed by atoms with Gasteiger partial charge >= 0.3 is 0 Å². The Balaban J connectivity index is 5.70. The van der Waals surface area contributed by atoms with Gasteiger partial charge in [-0.1, -0.05) is 0 Å². The first-order valence-electron chi connectivity index (χ1n) is 6.73. The molecule has 0 N–H and O–H groups in total. The Kier molecular flexibility index (Phi) is 6.77. The zero-order chi connectivity index (χ0) is 14.7. The fourth-order valence-electron chi connectivity index (χ4n) is 2.74. The van der Waals surface area contributed by atoms with Crippen LogP contribution in [-0.2, 0) is 9.36 Å². The van der Waals surface area contributed by atoms with Gasteiger partial charge < -0.3 is 0 Å². The number of carbonyl (C=O) groups excluding carboxylic acids is 1. The Morgan fingerprint density at radius 3 is 1.06 bits per heavy atom. The molecule has 0 heterocycles. The van der Waals surface area contributed by atoms with Gasteiger partial charge in [-0.3, -0.25) is 9.36 Å². The van der Waals surface area contributed by atoms with Crippen molar-refractivity contribution in [2.24, 2.45) is 0 Å². The predicted octanol–water partition coefficient (Wildman–Crippen LogP) is 3.61. The summed E-state index contributed by atoms with van der Waals surface area (Å²) in [5, 5.41) is 0. The molecule has 0 atom stereocenters. The fraction of sp³-hybridized carbons (Fsp3) is 0.923. The van der Waals surface area contributed by atoms with E-state index in [1.54, 1.807) is 0 Å². The maximum atomic E-state index is 13.2. The van der Waals surface area contributed by atoms with Crippen LogP contribution in [0.25, 0.3) is 0 Å². The molecule has 0 saturated heterocycles. The minimum absolute atomic E-state index is 0.0704. The zero-order valence-corrected chi connectivity index (χ0v) is 13.9. The van der Waals surface area contributed by atoms with Gasteiger partial charge in [-0.25, -0.2) is 9.34 Å². The molecule has 0 rings (SSSR count). The van der Waals surface area contributed by atoms with Crippen molar-refractivity contribution in [1.29, 1.82) is 0 Å². The first-order valence-corrected chi connectivity index (χ1v) is 8.41. The third-order valence-corrected chi connectivity index (χ3v) is 6.36. The molecule has 0 aliphatic carbocycles. The average molecular weight is 276 g/mol. The van der Waals surface area contributed by atoms with Crippen molar-refractivity contribution in [2.45, 2.75) is 79.6 Å². The fourth-order valence-corrected chi connectivity index (χ4v) is 5.85. The molecule has 0 aromatic rings. The van der Waals surface area contributed by atoms with Crippen LogP contribution in [0.3, 0.4) is 0 Å². The number of rotatable bonds is 7. The molecular weight excluding hydrogens is 247 g/mol. The maximum Gasteiger partial charge on any atom is 0.278 e. The van der Waals surface area contributed by atoms with E-state index in [9.17, 15) is 9.36 Å². The molecule has 18 heavy (non-hydrogen) atoms. The van der Waals surface area contributed by atoms with Gasteiger partial charge in [-0.2, -0.15) is 0 Å². The molecule has 0 aromatic carbocycles. The van der Waals surface area contributed by atoms with Crippen LogP contribution in [0.1, 0.15) is 55.4 Å². The quantitative estimate of drug-likeness (QED) is 0.526. The van der Waals surface area contributed by atoms with Gasteiger partial charge in [0.05, 0.1) is 0 Å². The summed E-state index contributed by atoms with van der Waals surface area (Å²) in [6.07, 6.45) is 0. The molecule has 0 radical (unpaired) electrons. The van der Waals surface area contributed by atoms with Crippen molar-refractivity contribution >= 4 is 13.5 Å². The van der Waals surface area contributed by atoms with E-state index in [-0.39, 0.29) is 24.2 Å². The Hall–Kier alpha value is -0.180. The molecule has 0 aromatic heterocycles. The highest BCUT2D eigenvalue weighted by Crippen LogP contribution is 2.54. The number of hydrogen-bond donors (Lipinski definition) is 0. The number of nitrogens with zero attached hydrogens (tertiary/aromatic N) is 2. The highest BCUT2D eigenvalue weighted by atomic mass is 31.2. The van der Waals surface area contributed by atoms with E-state index in [2.05, 4.69) is 0 Å². The van der Waals surface area contributed by atoms with Crippen molar-refractivity contribution in [3.05, 3.63) is 0 Å². The van der Waals surface area contributed by atoms with Crippen molar-refractivity contribution in [3.8, 4) is 0 Å². The van der Waals surface area contributed by atoms with Crippen LogP contribution in [0.15, 0.2) is 0 Å². The maximum absolute atomic E-state index is 13.2. The van der Waals surface area contributed by atoms with Crippen LogP contribution >= 0.6 is 7.44 Å². The normalized spacial score (nSPS) is 13.7. The summed E-state index contributed by atoms with van der Waals surface area (Å²) < 4.78 is 16.9. The van der Waals surface area contributed by atoms with E-state index in [4.69, 9.17) is 0 Å². The predicted molar refractivity (Wildman–Crippen MR) is 78.6 cm³/mol. The second-order valence-corrected chi connectivity index (χ2v) is 8.14. The van der Waals surface area contributed by atoms with Crippen LogP contribution in [0.2, 0.25) is 0 Å². The summed E-state index contributed by atoms with van der Waals surface area (Å²) in [6.45, 7) is 15.8. The van der Waals surface area contributed by atoms with E-state index in [0.717, 1.165) is 0 Å². The van der Waals surface area contributed by atoms with Crippen molar-refractivity contribution in [2.75, 3.05) is 0 Å². The van der Waals surface area contributed by atoms with E-state index in [0.29, 0.717) is 6.03 Å². The van der Waals surface area contributed by atoms with Crippen LogP contribution in [0.5, 0.6) is 0 Å². The van der Waals surface area contributed by atoms with Crippen LogP contribution in [0, 0.1) is 0 Å². The molecule has 0 bridgehead atoms. The SMILES string of the molecule is CC(C)N(C(C)C)P(=O)(C=O)N(C(C)C)C(C)C. The Bertz CT molecular complexity index is 274. The van der Waals surface area contributed by atoms with E-state index in [1.165, 1.54) is 0 Å². The number of carbonyl (C=O) groups is 1. The highest BCUT2D eigenvalue weighted by molar-refractivity contribution is 7.73. The van der Waals surface area contributed by atoms with Crippen LogP contribution < -0.4 is 0 Å². The smallest absolute Gasteiger partial charge is 0.278 e. The lowest BCUT2D eigenvalue weighted by molar-refractivity contribution is 0.232. The Morgan fingerprint density at radius 2 is 0.944 bits per heavy atom. The lowest BCUT2D eigenvalue weighted by atomic mass is 10.3. The minimum atomic E-state index is -3.16. The minimum Gasteiger partial charge on any atom is -0.292 e. The first-order chi connectivity index (χ1) is 8.09. The lowest BCUT2D eigenvalue weighted by Gasteiger charge is -2.44. The molecule has 0 amide bonds. The average Bonchev–Trinajstić information content (AvgIpc) is 2.14. The van der Waals surface area contributed by atoms with Gasteiger partial charge in [0.25, 0.3) is 7.44 Å². The zero-order valence-electron chi connectivity index (χ0n) is 13.0. The molecule has 0 unspecified atom stereocenters. The first kappa shape index (κ1) is 17.8. The molecule has 0 aliphatic heterocycles. The third-order valence-electron chi connectivity index (χ3n) is 2.92. The monoisotopic (exact) mass is 276 g/mol. The second kappa shape index (κ2) is 6.83. The topological polar surface area (TPSA) is 40.6 Å². The summed E-state index contributed by atoms with van der Waals surface area (Å²) in [4.78, 5) is 11.6. The van der Waals surface area contributed by atoms with Crippen molar-refractivity contribution in [3.63, 3.8) is 0 Å². The van der Waals surface area contributed by atoms with E-state index in [1.807, 2.05) is 64.7 Å². The third kappa shape index (κ3) is 3.66. The summed E-state index contributed by atoms with van der Waals surface area (Å²) in [5.74, 6) is 0.